The number of alkyl carbamates (subject to hydrolysis) is 1. The van der Waals surface area contributed by atoms with Crippen molar-refractivity contribution in [1.29, 1.82) is 0 Å². The van der Waals surface area contributed by atoms with Crippen molar-refractivity contribution in [2.45, 2.75) is 119 Å². The fraction of sp³-hybridized carbons (Fsp3) is 0.620. The number of nitrogens with one attached hydrogen (secondary N) is 1. The lowest BCUT2D eigenvalue weighted by Crippen LogP contribution is -2.65. The van der Waals surface area contributed by atoms with Crippen molar-refractivity contribution in [3.8, 4) is 38.5 Å². The van der Waals surface area contributed by atoms with E-state index in [0.29, 0.717) is 48.7 Å². The zero-order valence-electron chi connectivity index (χ0n) is 35.8. The maximum Gasteiger partial charge on any atom is 0.407 e. The van der Waals surface area contributed by atoms with E-state index in [1.165, 1.54) is 68.9 Å². The molecule has 1 aromatic carbocycles. The third-order valence-corrected chi connectivity index (χ3v) is 15.9. The Kier molecular flexibility index (Phi) is 16.0. The van der Waals surface area contributed by atoms with Gasteiger partial charge < -0.3 is 20.1 Å². The molecule has 2 N–H and O–H groups in total. The van der Waals surface area contributed by atoms with Gasteiger partial charge in [-0.25, -0.2) is 9.59 Å². The van der Waals surface area contributed by atoms with E-state index in [9.17, 15) is 19.5 Å². The van der Waals surface area contributed by atoms with Crippen LogP contribution in [-0.2, 0) is 9.53 Å². The van der Waals surface area contributed by atoms with E-state index in [1.807, 2.05) is 19.1 Å². The molecular formula is C50H70N2O5. The maximum atomic E-state index is 12.8. The number of carboxylic acids is 1. The predicted molar refractivity (Wildman–Crippen MR) is 233 cm³/mol. The highest BCUT2D eigenvalue weighted by molar-refractivity contribution is 5.88. The lowest BCUT2D eigenvalue weighted by Gasteiger charge is -2.72. The first kappa shape index (κ1) is 47.0. The van der Waals surface area contributed by atoms with Crippen LogP contribution in [0, 0.1) is 89.3 Å². The molecule has 0 bridgehead atoms. The van der Waals surface area contributed by atoms with Crippen LogP contribution < -0.4 is 5.32 Å². The van der Waals surface area contributed by atoms with Gasteiger partial charge in [0.15, 0.2) is 0 Å². The third-order valence-electron chi connectivity index (χ3n) is 15.9. The zero-order valence-corrected chi connectivity index (χ0v) is 35.8. The van der Waals surface area contributed by atoms with Crippen molar-refractivity contribution < 1.29 is 24.2 Å². The molecule has 1 heterocycles. The van der Waals surface area contributed by atoms with Crippen LogP contribution in [0.1, 0.15) is 135 Å². The summed E-state index contributed by atoms with van der Waals surface area (Å²) in [7, 11) is 0. The minimum absolute atomic E-state index is 0.00821. The van der Waals surface area contributed by atoms with Gasteiger partial charge in [-0.15, -0.1) is 45.1 Å². The highest BCUT2D eigenvalue weighted by atomic mass is 16.5. The molecule has 1 aromatic rings. The number of benzene rings is 1. The molecule has 4 saturated carbocycles. The second-order valence-corrected chi connectivity index (χ2v) is 18.3. The summed E-state index contributed by atoms with van der Waals surface area (Å²) in [6.07, 6.45) is 41.7. The minimum atomic E-state index is -0.874. The summed E-state index contributed by atoms with van der Waals surface area (Å²) in [4.78, 5) is 38.1. The molecule has 310 valence electrons. The van der Waals surface area contributed by atoms with E-state index in [0.717, 1.165) is 19.4 Å². The molecule has 5 aliphatic carbocycles. The van der Waals surface area contributed by atoms with E-state index in [2.05, 4.69) is 91.1 Å². The molecule has 0 spiro atoms. The number of carbonyl (C=O) groups is 3. The highest BCUT2D eigenvalue weighted by Crippen LogP contribution is 2.77. The Bertz CT molecular complexity index is 1650. The molecule has 7 rings (SSSR count). The third kappa shape index (κ3) is 8.58. The average Bonchev–Trinajstić information content (AvgIpc) is 3.83. The Morgan fingerprint density at radius 3 is 2.12 bits per heavy atom. The van der Waals surface area contributed by atoms with Crippen molar-refractivity contribution in [1.82, 2.24) is 10.2 Å². The van der Waals surface area contributed by atoms with Crippen molar-refractivity contribution in [2.24, 2.45) is 50.7 Å². The zero-order chi connectivity index (χ0) is 42.8. The van der Waals surface area contributed by atoms with Crippen LogP contribution in [-0.4, -0.2) is 54.2 Å². The predicted octanol–water partition coefficient (Wildman–Crippen LogP) is 10.5. The molecule has 6 aliphatic rings. The standard InChI is InChI=1S/C41H58N2O5.C3H6.3C2H2/c1-37(2)29(27-10-12-28(13-11-27)35(45)46)16-19-38(3)32(37)17-20-40(5)33(38)15-14-30-31-8-6-18-41(31,22-21-39(30,40)4)26-42-36(47)48-25-24-43-23-7-9-34(43)44;1-3-2;3*1-2/h10-13,16,30-33H,6-9,14-15,17-26H2,1-5H3,(H,42,47)(H,45,46);3H,1H2,2H3;3*1-2H/t30-,31?,32?,33?,38+,39-,40-,41-;;;;/m1..../s1. The lowest BCUT2D eigenvalue weighted by atomic mass is 9.32. The second-order valence-electron chi connectivity index (χ2n) is 18.3. The Morgan fingerprint density at radius 2 is 1.53 bits per heavy atom. The monoisotopic (exact) mass is 779 g/mol. The quantitative estimate of drug-likeness (QED) is 0.212. The van der Waals surface area contributed by atoms with Crippen molar-refractivity contribution in [2.75, 3.05) is 26.2 Å². The minimum Gasteiger partial charge on any atom is -0.478 e. The normalized spacial score (nSPS) is 33.9. The van der Waals surface area contributed by atoms with Crippen LogP contribution >= 0.6 is 0 Å². The van der Waals surface area contributed by atoms with Crippen molar-refractivity contribution in [3.05, 3.63) is 54.1 Å². The fourth-order valence-electron chi connectivity index (χ4n) is 13.4. The second kappa shape index (κ2) is 19.4. The first-order valence-corrected chi connectivity index (χ1v) is 21.0. The lowest BCUT2D eigenvalue weighted by molar-refractivity contribution is -0.222. The first-order valence-electron chi connectivity index (χ1n) is 21.0. The molecule has 1 saturated heterocycles. The maximum absolute atomic E-state index is 12.8. The SMILES string of the molecule is C#C.C#C.C#C.C=CC.CC1(C)C(c2ccc(C(=O)O)cc2)=CC[C@@]2(C)C1CC[C@]1(C)C2CC[C@@H]2C3CCC[C@]3(CNC(=O)OCCN3CCCC3=O)CC[C@]21C. The number of ether oxygens (including phenoxy) is 1. The number of allylic oxidation sites excluding steroid dienone is 3. The molecule has 0 aromatic heterocycles. The molecule has 0 radical (unpaired) electrons. The first-order chi connectivity index (χ1) is 27.2. The van der Waals surface area contributed by atoms with E-state index in [1.54, 1.807) is 23.1 Å². The number of hydrogen-bond donors (Lipinski definition) is 2. The number of likely N-dealkylation sites (tertiary alicyclic amines) is 1. The summed E-state index contributed by atoms with van der Waals surface area (Å²) in [6, 6.07) is 7.54. The Hall–Kier alpha value is -4.41. The summed E-state index contributed by atoms with van der Waals surface area (Å²) in [5.41, 5.74) is 3.86. The fourth-order valence-corrected chi connectivity index (χ4v) is 13.4. The molecule has 57 heavy (non-hydrogen) atoms. The van der Waals surface area contributed by atoms with Crippen LogP contribution in [0.3, 0.4) is 0 Å². The topological polar surface area (TPSA) is 95.9 Å². The number of carboxylic acid groups (broad SMARTS) is 1. The van der Waals surface area contributed by atoms with Crippen molar-refractivity contribution >= 4 is 23.5 Å². The van der Waals surface area contributed by atoms with Gasteiger partial charge in [-0.3, -0.25) is 4.79 Å². The van der Waals surface area contributed by atoms with Crippen LogP contribution in [0.15, 0.2) is 43.0 Å². The number of hydrogen-bond acceptors (Lipinski definition) is 4. The van der Waals surface area contributed by atoms with Gasteiger partial charge in [-0.2, -0.15) is 0 Å². The summed E-state index contributed by atoms with van der Waals surface area (Å²) in [5.74, 6) is 1.87. The molecule has 5 fully saturated rings. The molecular weight excluding hydrogens is 709 g/mol. The van der Waals surface area contributed by atoms with Crippen LogP contribution in [0.4, 0.5) is 4.79 Å². The van der Waals surface area contributed by atoms with E-state index in [-0.39, 0.29) is 45.7 Å². The van der Waals surface area contributed by atoms with Gasteiger partial charge >= 0.3 is 12.1 Å². The Balaban J connectivity index is 0.000000899. The van der Waals surface area contributed by atoms with Crippen LogP contribution in [0.5, 0.6) is 0 Å². The molecule has 1 aliphatic heterocycles. The van der Waals surface area contributed by atoms with Gasteiger partial charge in [0.1, 0.15) is 6.61 Å². The van der Waals surface area contributed by atoms with Gasteiger partial charge in [-0.05, 0) is 145 Å². The number of amides is 2. The van der Waals surface area contributed by atoms with Gasteiger partial charge in [0, 0.05) is 19.5 Å². The molecule has 8 atom stereocenters. The average molecular weight is 779 g/mol. The number of carbonyl (C=O) groups excluding carboxylic acids is 2. The highest BCUT2D eigenvalue weighted by Gasteiger charge is 2.69. The van der Waals surface area contributed by atoms with Gasteiger partial charge in [0.2, 0.25) is 5.91 Å². The van der Waals surface area contributed by atoms with Crippen LogP contribution in [0.2, 0.25) is 0 Å². The summed E-state index contributed by atoms with van der Waals surface area (Å²) in [5, 5.41) is 12.7. The molecule has 2 amide bonds. The summed E-state index contributed by atoms with van der Waals surface area (Å²) in [6.45, 7) is 20.3. The van der Waals surface area contributed by atoms with Gasteiger partial charge in [0.25, 0.3) is 0 Å². The number of nitrogens with zero attached hydrogens (tertiary/aromatic N) is 1. The van der Waals surface area contributed by atoms with E-state index < -0.39 is 5.97 Å². The Morgan fingerprint density at radius 1 is 0.877 bits per heavy atom. The van der Waals surface area contributed by atoms with Crippen LogP contribution in [0.25, 0.3) is 5.57 Å². The van der Waals surface area contributed by atoms with Gasteiger partial charge in [0.05, 0.1) is 12.1 Å². The molecule has 7 heteroatoms. The van der Waals surface area contributed by atoms with E-state index >= 15 is 0 Å². The number of aromatic carboxylic acids is 1. The van der Waals surface area contributed by atoms with Crippen molar-refractivity contribution in [3.63, 3.8) is 0 Å². The number of terminal acetylenes is 3. The van der Waals surface area contributed by atoms with E-state index in [4.69, 9.17) is 4.74 Å². The largest absolute Gasteiger partial charge is 0.478 e. The molecule has 7 nitrogen and oxygen atoms in total. The smallest absolute Gasteiger partial charge is 0.407 e. The molecule has 3 unspecified atom stereocenters. The number of fused-ring (bicyclic) bond motifs is 7. The summed E-state index contributed by atoms with van der Waals surface area (Å²) < 4.78 is 5.56. The van der Waals surface area contributed by atoms with Gasteiger partial charge in [-0.1, -0.05) is 65.3 Å². The number of rotatable bonds is 7. The summed E-state index contributed by atoms with van der Waals surface area (Å²) >= 11 is 0. The Labute approximate surface area is 345 Å².